The number of benzene rings is 3. The monoisotopic (exact) mass is 588 g/mol. The number of morpholine rings is 1. The Labute approximate surface area is 250 Å². The van der Waals surface area contributed by atoms with Crippen LogP contribution in [0, 0.1) is 5.82 Å². The van der Waals surface area contributed by atoms with Crippen LogP contribution in [0.1, 0.15) is 38.6 Å². The van der Waals surface area contributed by atoms with E-state index in [4.69, 9.17) is 9.47 Å². The average molecular weight is 589 g/mol. The van der Waals surface area contributed by atoms with E-state index >= 15 is 0 Å². The fourth-order valence-electron chi connectivity index (χ4n) is 4.80. The van der Waals surface area contributed by atoms with Crippen LogP contribution in [0.3, 0.4) is 0 Å². The fourth-order valence-corrected chi connectivity index (χ4v) is 5.62. The van der Waals surface area contributed by atoms with Crippen molar-refractivity contribution in [3.8, 4) is 5.75 Å². The predicted octanol–water partition coefficient (Wildman–Crippen LogP) is 5.52. The van der Waals surface area contributed by atoms with Crippen LogP contribution in [0.25, 0.3) is 0 Å². The highest BCUT2D eigenvalue weighted by Crippen LogP contribution is 2.20. The molecule has 1 saturated heterocycles. The Morgan fingerprint density at radius 2 is 1.62 bits per heavy atom. The summed E-state index contributed by atoms with van der Waals surface area (Å²) in [7, 11) is 0. The predicted molar refractivity (Wildman–Crippen MR) is 163 cm³/mol. The van der Waals surface area contributed by atoms with Crippen molar-refractivity contribution >= 4 is 17.2 Å². The molecule has 1 aliphatic heterocycles. The first-order valence-corrected chi connectivity index (χ1v) is 15.2. The zero-order chi connectivity index (χ0) is 29.0. The molecule has 0 radical (unpaired) electrons. The van der Waals surface area contributed by atoms with Gasteiger partial charge in [-0.15, -0.1) is 11.3 Å². The van der Waals surface area contributed by atoms with Gasteiger partial charge >= 0.3 is 0 Å². The number of ether oxygens (including phenoxy) is 2. The standard InChI is InChI=1S/C33H37FN4O3S/c34-29-11-7-26(8-12-29)21-38(22-27-9-13-30(14-10-27)41-24-28-5-2-1-3-6-28)23-32-36-31(25-42-32)33(39)35-15-4-16-37-17-19-40-20-18-37/h1-3,5-14,25H,4,15-24H2,(H,35,39). The van der Waals surface area contributed by atoms with Crippen molar-refractivity contribution in [1.82, 2.24) is 20.1 Å². The topological polar surface area (TPSA) is 66.9 Å². The molecule has 220 valence electrons. The number of amides is 1. The molecule has 3 aromatic carbocycles. The van der Waals surface area contributed by atoms with Gasteiger partial charge in [0.25, 0.3) is 5.91 Å². The van der Waals surface area contributed by atoms with Crippen LogP contribution < -0.4 is 10.1 Å². The molecule has 0 atom stereocenters. The van der Waals surface area contributed by atoms with Gasteiger partial charge < -0.3 is 14.8 Å². The first-order chi connectivity index (χ1) is 20.6. The maximum absolute atomic E-state index is 13.5. The van der Waals surface area contributed by atoms with Gasteiger partial charge in [-0.3, -0.25) is 14.6 Å². The molecule has 1 amide bonds. The third-order valence-corrected chi connectivity index (χ3v) is 7.91. The summed E-state index contributed by atoms with van der Waals surface area (Å²) in [5, 5.41) is 5.68. The molecule has 1 aromatic heterocycles. The highest BCUT2D eigenvalue weighted by atomic mass is 32.1. The van der Waals surface area contributed by atoms with E-state index in [2.05, 4.69) is 32.2 Å². The highest BCUT2D eigenvalue weighted by Gasteiger charge is 2.15. The summed E-state index contributed by atoms with van der Waals surface area (Å²) in [5.74, 6) is 0.417. The lowest BCUT2D eigenvalue weighted by Gasteiger charge is -2.26. The van der Waals surface area contributed by atoms with E-state index in [9.17, 15) is 9.18 Å². The summed E-state index contributed by atoms with van der Waals surface area (Å²) in [6.07, 6.45) is 0.893. The Bertz CT molecular complexity index is 1380. The number of carbonyl (C=O) groups excluding carboxylic acids is 1. The van der Waals surface area contributed by atoms with Gasteiger partial charge in [-0.1, -0.05) is 54.6 Å². The van der Waals surface area contributed by atoms with Crippen molar-refractivity contribution in [2.24, 2.45) is 0 Å². The summed E-state index contributed by atoms with van der Waals surface area (Å²) in [4.78, 5) is 22.0. The lowest BCUT2D eigenvalue weighted by atomic mass is 10.1. The first kappa shape index (κ1) is 29.8. The van der Waals surface area contributed by atoms with Crippen molar-refractivity contribution < 1.29 is 18.7 Å². The lowest BCUT2D eigenvalue weighted by molar-refractivity contribution is 0.0374. The molecule has 0 unspecified atom stereocenters. The van der Waals surface area contributed by atoms with Gasteiger partial charge in [0.2, 0.25) is 0 Å². The minimum atomic E-state index is -0.253. The zero-order valence-corrected chi connectivity index (χ0v) is 24.5. The van der Waals surface area contributed by atoms with Gasteiger partial charge in [-0.05, 0) is 53.9 Å². The number of hydrogen-bond acceptors (Lipinski definition) is 7. The van der Waals surface area contributed by atoms with E-state index in [0.29, 0.717) is 38.5 Å². The number of hydrogen-bond donors (Lipinski definition) is 1. The highest BCUT2D eigenvalue weighted by molar-refractivity contribution is 7.09. The molecular weight excluding hydrogens is 551 g/mol. The van der Waals surface area contributed by atoms with Crippen molar-refractivity contribution in [2.75, 3.05) is 39.4 Å². The molecule has 0 saturated carbocycles. The Morgan fingerprint density at radius 3 is 2.33 bits per heavy atom. The fraction of sp³-hybridized carbons (Fsp3) is 0.333. The van der Waals surface area contributed by atoms with Crippen LogP contribution in [-0.4, -0.2) is 60.1 Å². The lowest BCUT2D eigenvalue weighted by Crippen LogP contribution is -2.38. The maximum atomic E-state index is 13.5. The number of rotatable bonds is 14. The number of nitrogens with one attached hydrogen (secondary N) is 1. The molecule has 4 aromatic rings. The van der Waals surface area contributed by atoms with E-state index in [1.54, 1.807) is 12.1 Å². The van der Waals surface area contributed by atoms with Crippen LogP contribution in [-0.2, 0) is 31.0 Å². The zero-order valence-electron chi connectivity index (χ0n) is 23.7. The number of carbonyl (C=O) groups is 1. The molecule has 0 spiro atoms. The molecule has 7 nitrogen and oxygen atoms in total. The second-order valence-corrected chi connectivity index (χ2v) is 11.3. The van der Waals surface area contributed by atoms with Crippen LogP contribution in [0.4, 0.5) is 4.39 Å². The van der Waals surface area contributed by atoms with Crippen LogP contribution in [0.2, 0.25) is 0 Å². The minimum absolute atomic E-state index is 0.143. The van der Waals surface area contributed by atoms with Gasteiger partial charge in [0.15, 0.2) is 0 Å². The van der Waals surface area contributed by atoms with E-state index < -0.39 is 0 Å². The van der Waals surface area contributed by atoms with Crippen molar-refractivity contribution in [3.63, 3.8) is 0 Å². The summed E-state index contributed by atoms with van der Waals surface area (Å²) in [6.45, 7) is 7.39. The van der Waals surface area contributed by atoms with E-state index in [0.717, 1.165) is 66.7 Å². The summed E-state index contributed by atoms with van der Waals surface area (Å²) in [5.41, 5.74) is 3.70. The van der Waals surface area contributed by atoms with Gasteiger partial charge in [0.05, 0.1) is 19.8 Å². The van der Waals surface area contributed by atoms with Crippen molar-refractivity contribution in [1.29, 1.82) is 0 Å². The third kappa shape index (κ3) is 9.46. The average Bonchev–Trinajstić information content (AvgIpc) is 3.49. The molecule has 2 heterocycles. The Kier molecular flexibility index (Phi) is 11.1. The molecule has 0 aliphatic carbocycles. The molecule has 42 heavy (non-hydrogen) atoms. The van der Waals surface area contributed by atoms with Gasteiger partial charge in [0, 0.05) is 38.1 Å². The summed E-state index contributed by atoms with van der Waals surface area (Å²) < 4.78 is 24.9. The van der Waals surface area contributed by atoms with Crippen molar-refractivity contribution in [3.05, 3.63) is 117 Å². The maximum Gasteiger partial charge on any atom is 0.270 e. The van der Waals surface area contributed by atoms with Crippen LogP contribution in [0.15, 0.2) is 84.2 Å². The number of halogens is 1. The summed E-state index contributed by atoms with van der Waals surface area (Å²) in [6, 6.07) is 24.8. The van der Waals surface area contributed by atoms with Gasteiger partial charge in [-0.25, -0.2) is 9.37 Å². The molecule has 1 aliphatic rings. The van der Waals surface area contributed by atoms with E-state index in [-0.39, 0.29) is 11.7 Å². The molecule has 0 bridgehead atoms. The van der Waals surface area contributed by atoms with E-state index in [1.165, 1.54) is 23.5 Å². The number of nitrogens with zero attached hydrogens (tertiary/aromatic N) is 3. The number of aromatic nitrogens is 1. The van der Waals surface area contributed by atoms with Crippen LogP contribution >= 0.6 is 11.3 Å². The Balaban J connectivity index is 1.16. The Morgan fingerprint density at radius 1 is 0.929 bits per heavy atom. The largest absolute Gasteiger partial charge is 0.489 e. The minimum Gasteiger partial charge on any atom is -0.489 e. The second-order valence-electron chi connectivity index (χ2n) is 10.4. The summed E-state index contributed by atoms with van der Waals surface area (Å²) >= 11 is 1.48. The SMILES string of the molecule is O=C(NCCCN1CCOCC1)c1csc(CN(Cc2ccc(F)cc2)Cc2ccc(OCc3ccccc3)cc2)n1. The number of thiazole rings is 1. The smallest absolute Gasteiger partial charge is 0.270 e. The third-order valence-electron chi connectivity index (χ3n) is 7.08. The van der Waals surface area contributed by atoms with E-state index in [1.807, 2.05) is 47.8 Å². The Hall–Kier alpha value is -3.63. The van der Waals surface area contributed by atoms with Crippen molar-refractivity contribution in [2.45, 2.75) is 32.7 Å². The molecule has 1 N–H and O–H groups in total. The quantitative estimate of drug-likeness (QED) is 0.196. The van der Waals surface area contributed by atoms with Gasteiger partial charge in [0.1, 0.15) is 28.9 Å². The molecule has 5 rings (SSSR count). The van der Waals surface area contributed by atoms with Crippen LogP contribution in [0.5, 0.6) is 5.75 Å². The molecular formula is C33H37FN4O3S. The molecule has 1 fully saturated rings. The normalized spacial score (nSPS) is 13.8. The van der Waals surface area contributed by atoms with Gasteiger partial charge in [-0.2, -0.15) is 0 Å². The molecule has 9 heteroatoms. The first-order valence-electron chi connectivity index (χ1n) is 14.4. The second kappa shape index (κ2) is 15.6.